The number of aliphatic hydroxyl groups excluding tert-OH is 1. The summed E-state index contributed by atoms with van der Waals surface area (Å²) in [5.41, 5.74) is 4.52. The maximum Gasteiger partial charge on any atom is 0.412 e. The summed E-state index contributed by atoms with van der Waals surface area (Å²) in [7, 11) is 0. The van der Waals surface area contributed by atoms with Crippen LogP contribution in [0.3, 0.4) is 0 Å². The molecule has 4 rings (SSSR count). The largest absolute Gasteiger partial charge is 0.465 e. The molecule has 2 aromatic carbocycles. The minimum absolute atomic E-state index is 0.263. The summed E-state index contributed by atoms with van der Waals surface area (Å²) in [6.45, 7) is 0. The van der Waals surface area contributed by atoms with Crippen LogP contribution in [-0.4, -0.2) is 22.3 Å². The van der Waals surface area contributed by atoms with Crippen LogP contribution in [0.4, 0.5) is 10.5 Å². The highest BCUT2D eigenvalue weighted by Crippen LogP contribution is 2.42. The van der Waals surface area contributed by atoms with E-state index in [0.717, 1.165) is 40.8 Å². The molecule has 2 aromatic rings. The van der Waals surface area contributed by atoms with E-state index in [9.17, 15) is 15.0 Å². The van der Waals surface area contributed by atoms with Crippen LogP contribution in [0.2, 0.25) is 0 Å². The van der Waals surface area contributed by atoms with Gasteiger partial charge in [0.15, 0.2) is 0 Å². The highest BCUT2D eigenvalue weighted by atomic mass is 16.4. The Labute approximate surface area is 134 Å². The average molecular weight is 307 g/mol. The first kappa shape index (κ1) is 14.0. The van der Waals surface area contributed by atoms with Crippen LogP contribution in [0.15, 0.2) is 54.6 Å². The van der Waals surface area contributed by atoms with Crippen molar-refractivity contribution in [3.05, 3.63) is 71.3 Å². The van der Waals surface area contributed by atoms with Crippen molar-refractivity contribution >= 4 is 17.4 Å². The van der Waals surface area contributed by atoms with Gasteiger partial charge in [0.2, 0.25) is 0 Å². The molecule has 1 amide bonds. The lowest BCUT2D eigenvalue weighted by atomic mass is 9.89. The smallest absolute Gasteiger partial charge is 0.412 e. The third-order valence-corrected chi connectivity index (χ3v) is 4.74. The summed E-state index contributed by atoms with van der Waals surface area (Å²) >= 11 is 0. The first-order chi connectivity index (χ1) is 11.2. The number of para-hydroxylation sites is 1. The number of anilines is 1. The molecule has 1 aliphatic carbocycles. The van der Waals surface area contributed by atoms with Crippen molar-refractivity contribution in [2.24, 2.45) is 0 Å². The molecule has 116 valence electrons. The Kier molecular flexibility index (Phi) is 3.20. The van der Waals surface area contributed by atoms with E-state index < -0.39 is 12.2 Å². The van der Waals surface area contributed by atoms with Crippen molar-refractivity contribution in [3.8, 4) is 0 Å². The van der Waals surface area contributed by atoms with Gasteiger partial charge in [-0.1, -0.05) is 42.5 Å². The summed E-state index contributed by atoms with van der Waals surface area (Å²) in [6.07, 6.45) is 1.73. The van der Waals surface area contributed by atoms with E-state index in [-0.39, 0.29) is 6.04 Å². The Morgan fingerprint density at radius 3 is 2.65 bits per heavy atom. The molecule has 0 saturated carbocycles. The fraction of sp³-hybridized carbons (Fsp3) is 0.211. The zero-order valence-corrected chi connectivity index (χ0v) is 12.5. The lowest BCUT2D eigenvalue weighted by Crippen LogP contribution is -2.43. The van der Waals surface area contributed by atoms with E-state index in [0.29, 0.717) is 0 Å². The van der Waals surface area contributed by atoms with Gasteiger partial charge in [-0.3, -0.25) is 4.90 Å². The van der Waals surface area contributed by atoms with Crippen LogP contribution in [0, 0.1) is 0 Å². The zero-order chi connectivity index (χ0) is 16.0. The van der Waals surface area contributed by atoms with Gasteiger partial charge in [-0.05, 0) is 47.2 Å². The molecule has 23 heavy (non-hydrogen) atoms. The number of nitrogens with zero attached hydrogens (tertiary/aromatic N) is 1. The second-order valence-electron chi connectivity index (χ2n) is 5.99. The SMILES string of the molecule is O=C(O)N1c2ccccc2CCC1C1=CC(O)c2ccccc21. The summed E-state index contributed by atoms with van der Waals surface area (Å²) in [6, 6.07) is 15.0. The topological polar surface area (TPSA) is 60.8 Å². The number of hydrogen-bond donors (Lipinski definition) is 2. The summed E-state index contributed by atoms with van der Waals surface area (Å²) in [5.74, 6) is 0. The molecular formula is C19H17NO3. The molecule has 0 fully saturated rings. The number of amides is 1. The molecule has 0 radical (unpaired) electrons. The van der Waals surface area contributed by atoms with Gasteiger partial charge in [0.1, 0.15) is 0 Å². The van der Waals surface area contributed by atoms with Gasteiger partial charge in [0.25, 0.3) is 0 Å². The average Bonchev–Trinajstić information content (AvgIpc) is 2.91. The lowest BCUT2D eigenvalue weighted by molar-refractivity contribution is 0.199. The van der Waals surface area contributed by atoms with Crippen LogP contribution in [0.1, 0.15) is 29.2 Å². The van der Waals surface area contributed by atoms with Crippen molar-refractivity contribution in [3.63, 3.8) is 0 Å². The van der Waals surface area contributed by atoms with E-state index in [1.807, 2.05) is 48.5 Å². The molecule has 1 heterocycles. The van der Waals surface area contributed by atoms with Gasteiger partial charge in [0.05, 0.1) is 17.8 Å². The Balaban J connectivity index is 1.81. The molecule has 1 aliphatic heterocycles. The van der Waals surface area contributed by atoms with Crippen molar-refractivity contribution in [1.82, 2.24) is 0 Å². The molecule has 2 aliphatic rings. The Morgan fingerprint density at radius 1 is 1.09 bits per heavy atom. The molecule has 0 saturated heterocycles. The number of rotatable bonds is 1. The highest BCUT2D eigenvalue weighted by Gasteiger charge is 2.36. The van der Waals surface area contributed by atoms with Gasteiger partial charge in [-0.15, -0.1) is 0 Å². The standard InChI is InChI=1S/C19H17NO3/c21-18-11-15(13-6-2-3-7-14(13)18)17-10-9-12-5-1-4-8-16(12)20(17)19(22)23/h1-8,11,17-18,21H,9-10H2,(H,22,23). The molecule has 0 spiro atoms. The van der Waals surface area contributed by atoms with Gasteiger partial charge >= 0.3 is 6.09 Å². The van der Waals surface area contributed by atoms with Crippen LogP contribution >= 0.6 is 0 Å². The monoisotopic (exact) mass is 307 g/mol. The van der Waals surface area contributed by atoms with Gasteiger partial charge in [-0.2, -0.15) is 0 Å². The number of hydrogen-bond acceptors (Lipinski definition) is 2. The third kappa shape index (κ3) is 2.14. The minimum atomic E-state index is -0.957. The van der Waals surface area contributed by atoms with Crippen molar-refractivity contribution in [2.45, 2.75) is 25.0 Å². The predicted molar refractivity (Wildman–Crippen MR) is 88.4 cm³/mol. The van der Waals surface area contributed by atoms with Crippen molar-refractivity contribution in [1.29, 1.82) is 0 Å². The van der Waals surface area contributed by atoms with Crippen LogP contribution in [0.5, 0.6) is 0 Å². The molecular weight excluding hydrogens is 290 g/mol. The molecule has 4 nitrogen and oxygen atoms in total. The third-order valence-electron chi connectivity index (χ3n) is 4.74. The Bertz CT molecular complexity index is 812. The van der Waals surface area contributed by atoms with Crippen LogP contribution in [0.25, 0.3) is 5.57 Å². The zero-order valence-electron chi connectivity index (χ0n) is 12.5. The maximum atomic E-state index is 11.9. The van der Waals surface area contributed by atoms with E-state index in [2.05, 4.69) is 0 Å². The molecule has 2 atom stereocenters. The van der Waals surface area contributed by atoms with E-state index >= 15 is 0 Å². The highest BCUT2D eigenvalue weighted by molar-refractivity contribution is 5.94. The number of fused-ring (bicyclic) bond motifs is 2. The fourth-order valence-corrected chi connectivity index (χ4v) is 3.74. The quantitative estimate of drug-likeness (QED) is 0.846. The van der Waals surface area contributed by atoms with Crippen LogP contribution < -0.4 is 4.90 Å². The fourth-order valence-electron chi connectivity index (χ4n) is 3.74. The summed E-state index contributed by atoms with van der Waals surface area (Å²) in [5, 5.41) is 20.0. The summed E-state index contributed by atoms with van der Waals surface area (Å²) in [4.78, 5) is 13.4. The van der Waals surface area contributed by atoms with Crippen LogP contribution in [-0.2, 0) is 6.42 Å². The number of carbonyl (C=O) groups is 1. The second kappa shape index (κ2) is 5.25. The molecule has 2 N–H and O–H groups in total. The first-order valence-electron chi connectivity index (χ1n) is 7.76. The number of carboxylic acid groups (broad SMARTS) is 1. The lowest BCUT2D eigenvalue weighted by Gasteiger charge is -2.36. The number of aryl methyl sites for hydroxylation is 1. The molecule has 0 aromatic heterocycles. The van der Waals surface area contributed by atoms with Crippen molar-refractivity contribution < 1.29 is 15.0 Å². The van der Waals surface area contributed by atoms with E-state index in [1.54, 1.807) is 6.08 Å². The second-order valence-corrected chi connectivity index (χ2v) is 5.99. The Hall–Kier alpha value is -2.59. The normalized spacial score (nSPS) is 22.3. The van der Waals surface area contributed by atoms with Gasteiger partial charge in [0, 0.05) is 0 Å². The van der Waals surface area contributed by atoms with E-state index in [1.165, 1.54) is 4.90 Å². The van der Waals surface area contributed by atoms with Gasteiger partial charge < -0.3 is 10.2 Å². The molecule has 0 bridgehead atoms. The predicted octanol–water partition coefficient (Wildman–Crippen LogP) is 3.62. The number of benzene rings is 2. The summed E-state index contributed by atoms with van der Waals surface area (Å²) < 4.78 is 0. The first-order valence-corrected chi connectivity index (χ1v) is 7.76. The molecule has 4 heteroatoms. The van der Waals surface area contributed by atoms with Gasteiger partial charge in [-0.25, -0.2) is 4.79 Å². The minimum Gasteiger partial charge on any atom is -0.465 e. The maximum absolute atomic E-state index is 11.9. The molecule has 2 unspecified atom stereocenters. The Morgan fingerprint density at radius 2 is 1.83 bits per heavy atom. The van der Waals surface area contributed by atoms with E-state index in [4.69, 9.17) is 0 Å². The number of aliphatic hydroxyl groups is 1. The van der Waals surface area contributed by atoms with Crippen molar-refractivity contribution in [2.75, 3.05) is 4.90 Å².